The van der Waals surface area contributed by atoms with Crippen LogP contribution in [0.5, 0.6) is 0 Å². The van der Waals surface area contributed by atoms with Crippen LogP contribution in [0, 0.1) is 6.92 Å². The van der Waals surface area contributed by atoms with Crippen LogP contribution in [-0.4, -0.2) is 32.9 Å². The summed E-state index contributed by atoms with van der Waals surface area (Å²) in [6, 6.07) is 7.33. The molecular weight excluding hydrogens is 455 g/mol. The first-order valence-corrected chi connectivity index (χ1v) is 9.73. The third kappa shape index (κ3) is 4.49. The van der Waals surface area contributed by atoms with Crippen molar-refractivity contribution in [2.75, 3.05) is 0 Å². The molecule has 2 aromatic carbocycles. The molecule has 33 heavy (non-hydrogen) atoms. The van der Waals surface area contributed by atoms with Gasteiger partial charge in [0.1, 0.15) is 12.7 Å². The van der Waals surface area contributed by atoms with E-state index in [1.54, 1.807) is 12.1 Å². The predicted octanol–water partition coefficient (Wildman–Crippen LogP) is 5.85. The number of hydrogen-bond donors (Lipinski definition) is 0. The highest BCUT2D eigenvalue weighted by atomic mass is 19.4. The summed E-state index contributed by atoms with van der Waals surface area (Å²) >= 11 is 0. The Bertz CT molecular complexity index is 1120. The lowest BCUT2D eigenvalue weighted by molar-refractivity contribution is -0.348. The van der Waals surface area contributed by atoms with E-state index >= 15 is 0 Å². The van der Waals surface area contributed by atoms with Gasteiger partial charge in [0.15, 0.2) is 5.78 Å². The summed E-state index contributed by atoms with van der Waals surface area (Å²) in [5.41, 5.74) is -5.88. The minimum atomic E-state index is -6.20. The number of carbonyl (C=O) groups is 1. The molecule has 0 bridgehead atoms. The molecule has 0 aliphatic heterocycles. The summed E-state index contributed by atoms with van der Waals surface area (Å²) in [6.07, 6.45) is -9.87. The Hall–Kier alpha value is -3.24. The minimum Gasteiger partial charge on any atom is -0.294 e. The fourth-order valence-corrected chi connectivity index (χ4v) is 3.55. The van der Waals surface area contributed by atoms with E-state index in [0.29, 0.717) is 17.8 Å². The van der Waals surface area contributed by atoms with Gasteiger partial charge in [-0.2, -0.15) is 31.4 Å². The van der Waals surface area contributed by atoms with Crippen LogP contribution in [0.2, 0.25) is 0 Å². The van der Waals surface area contributed by atoms with E-state index < -0.39 is 29.4 Å². The van der Waals surface area contributed by atoms with Gasteiger partial charge in [-0.1, -0.05) is 19.1 Å². The normalized spacial score (nSPS) is 12.8. The highest BCUT2D eigenvalue weighted by molar-refractivity contribution is 5.98. The van der Waals surface area contributed by atoms with Crippen molar-refractivity contribution in [2.45, 2.75) is 44.7 Å². The van der Waals surface area contributed by atoms with Crippen molar-refractivity contribution in [1.29, 1.82) is 0 Å². The van der Waals surface area contributed by atoms with Gasteiger partial charge in [0.2, 0.25) is 0 Å². The number of Topliss-reactive ketones (excluding diaryl/α,β-unsaturated/α-hetero) is 1. The average molecular weight is 473 g/mol. The van der Waals surface area contributed by atoms with E-state index in [1.807, 2.05) is 0 Å². The average Bonchev–Trinajstić information content (AvgIpc) is 3.27. The van der Waals surface area contributed by atoms with Crippen molar-refractivity contribution in [3.8, 4) is 5.69 Å². The Morgan fingerprint density at radius 3 is 2.06 bits per heavy atom. The maximum absolute atomic E-state index is 14.5. The van der Waals surface area contributed by atoms with E-state index in [0.717, 1.165) is 0 Å². The number of hydrogen-bond acceptors (Lipinski definition) is 3. The summed E-state index contributed by atoms with van der Waals surface area (Å²) in [5, 5.41) is 3.96. The molecule has 3 aromatic rings. The molecule has 3 rings (SSSR count). The molecule has 0 spiro atoms. The summed E-state index contributed by atoms with van der Waals surface area (Å²) in [4.78, 5) is 16.6. The molecule has 0 atom stereocenters. The number of rotatable bonds is 6. The van der Waals surface area contributed by atoms with Gasteiger partial charge in [-0.05, 0) is 54.3 Å². The SMILES string of the molecule is CCc1cc(C(F)(C(F)(F)F)C(F)(F)F)cc(C)c1CC(=O)c1ccc(-n2cncn2)cc1. The standard InChI is InChI=1S/C22H18F7N3O/c1-3-14-9-16(20(23,21(24,25)26)22(27,28)29)8-13(2)18(14)10-19(33)15-4-6-17(7-5-15)32-12-30-11-31-32/h4-9,11-12H,3,10H2,1-2H3. The lowest BCUT2D eigenvalue weighted by Crippen LogP contribution is -2.50. The van der Waals surface area contributed by atoms with E-state index in [4.69, 9.17) is 0 Å². The predicted molar refractivity (Wildman–Crippen MR) is 105 cm³/mol. The van der Waals surface area contributed by atoms with Gasteiger partial charge in [0, 0.05) is 17.5 Å². The van der Waals surface area contributed by atoms with Crippen LogP contribution in [0.1, 0.15) is 39.5 Å². The van der Waals surface area contributed by atoms with Crippen molar-refractivity contribution in [1.82, 2.24) is 14.8 Å². The topological polar surface area (TPSA) is 47.8 Å². The van der Waals surface area contributed by atoms with E-state index in [9.17, 15) is 35.5 Å². The third-order valence-electron chi connectivity index (χ3n) is 5.34. The Labute approximate surface area is 184 Å². The van der Waals surface area contributed by atoms with Gasteiger partial charge < -0.3 is 0 Å². The fourth-order valence-electron chi connectivity index (χ4n) is 3.55. The molecule has 0 saturated carbocycles. The van der Waals surface area contributed by atoms with Crippen molar-refractivity contribution < 1.29 is 35.5 Å². The van der Waals surface area contributed by atoms with Crippen LogP contribution < -0.4 is 0 Å². The maximum atomic E-state index is 14.5. The van der Waals surface area contributed by atoms with Crippen LogP contribution in [-0.2, 0) is 18.5 Å². The second kappa shape index (κ2) is 8.60. The molecule has 11 heteroatoms. The van der Waals surface area contributed by atoms with Gasteiger partial charge in [-0.15, -0.1) is 0 Å². The van der Waals surface area contributed by atoms with E-state index in [1.165, 1.54) is 43.3 Å². The van der Waals surface area contributed by atoms with Crippen molar-refractivity contribution in [3.05, 3.63) is 76.9 Å². The highest BCUT2D eigenvalue weighted by Crippen LogP contribution is 2.53. The number of benzene rings is 2. The van der Waals surface area contributed by atoms with Crippen LogP contribution >= 0.6 is 0 Å². The number of halogens is 7. The quantitative estimate of drug-likeness (QED) is 0.333. The number of aryl methyl sites for hydroxylation is 2. The number of alkyl halides is 7. The van der Waals surface area contributed by atoms with Crippen LogP contribution in [0.15, 0.2) is 49.1 Å². The van der Waals surface area contributed by atoms with Gasteiger partial charge in [0.25, 0.3) is 0 Å². The van der Waals surface area contributed by atoms with Gasteiger partial charge in [-0.25, -0.2) is 14.1 Å². The van der Waals surface area contributed by atoms with Crippen molar-refractivity contribution in [2.24, 2.45) is 0 Å². The molecule has 0 amide bonds. The molecule has 0 unspecified atom stereocenters. The van der Waals surface area contributed by atoms with E-state index in [-0.39, 0.29) is 35.1 Å². The second-order valence-electron chi connectivity index (χ2n) is 7.43. The summed E-state index contributed by atoms with van der Waals surface area (Å²) in [7, 11) is 0. The fraction of sp³-hybridized carbons (Fsp3) is 0.318. The van der Waals surface area contributed by atoms with Crippen LogP contribution in [0.4, 0.5) is 30.7 Å². The van der Waals surface area contributed by atoms with Crippen molar-refractivity contribution in [3.63, 3.8) is 0 Å². The highest BCUT2D eigenvalue weighted by Gasteiger charge is 2.73. The van der Waals surface area contributed by atoms with Gasteiger partial charge in [-0.3, -0.25) is 4.79 Å². The third-order valence-corrected chi connectivity index (χ3v) is 5.34. The molecule has 0 radical (unpaired) electrons. The lowest BCUT2D eigenvalue weighted by Gasteiger charge is -2.31. The molecule has 1 heterocycles. The minimum absolute atomic E-state index is 0.00826. The first-order valence-electron chi connectivity index (χ1n) is 9.73. The molecular formula is C22H18F7N3O. The Morgan fingerprint density at radius 1 is 0.970 bits per heavy atom. The first-order chi connectivity index (χ1) is 15.3. The molecule has 0 aliphatic rings. The molecule has 0 fully saturated rings. The summed E-state index contributed by atoms with van der Waals surface area (Å²) in [6.45, 7) is 2.76. The zero-order chi connectivity index (χ0) is 24.6. The Kier molecular flexibility index (Phi) is 6.36. The summed E-state index contributed by atoms with van der Waals surface area (Å²) in [5.74, 6) is -0.399. The molecule has 0 aliphatic carbocycles. The lowest BCUT2D eigenvalue weighted by atomic mass is 9.86. The largest absolute Gasteiger partial charge is 0.435 e. The Balaban J connectivity index is 1.95. The molecule has 0 N–H and O–H groups in total. The second-order valence-corrected chi connectivity index (χ2v) is 7.43. The number of carbonyl (C=O) groups excluding carboxylic acids is 1. The first kappa shape index (κ1) is 24.4. The number of ketones is 1. The monoisotopic (exact) mass is 473 g/mol. The maximum Gasteiger partial charge on any atom is 0.435 e. The van der Waals surface area contributed by atoms with Crippen molar-refractivity contribution >= 4 is 5.78 Å². The smallest absolute Gasteiger partial charge is 0.294 e. The molecule has 176 valence electrons. The van der Waals surface area contributed by atoms with Crippen LogP contribution in [0.25, 0.3) is 5.69 Å². The van der Waals surface area contributed by atoms with Gasteiger partial charge >= 0.3 is 18.0 Å². The zero-order valence-corrected chi connectivity index (χ0v) is 17.4. The molecule has 1 aromatic heterocycles. The zero-order valence-electron chi connectivity index (χ0n) is 17.4. The number of aromatic nitrogens is 3. The Morgan fingerprint density at radius 2 is 1.58 bits per heavy atom. The van der Waals surface area contributed by atoms with E-state index in [2.05, 4.69) is 10.1 Å². The van der Waals surface area contributed by atoms with Gasteiger partial charge in [0.05, 0.1) is 5.69 Å². The van der Waals surface area contributed by atoms with Crippen LogP contribution in [0.3, 0.4) is 0 Å². The number of nitrogens with zero attached hydrogens (tertiary/aromatic N) is 3. The molecule has 0 saturated heterocycles. The molecule has 4 nitrogen and oxygen atoms in total. The summed E-state index contributed by atoms with van der Waals surface area (Å²) < 4.78 is 95.0.